The van der Waals surface area contributed by atoms with Crippen LogP contribution in [0.2, 0.25) is 10.0 Å². The number of amides is 3. The number of carboxylic acid groups (broad SMARTS) is 1. The normalized spacial score (nSPS) is 12.7. The molecule has 0 aromatic heterocycles. The number of hydrazine groups is 2. The fourth-order valence-electron chi connectivity index (χ4n) is 5.01. The van der Waals surface area contributed by atoms with E-state index in [4.69, 9.17) is 47.3 Å². The van der Waals surface area contributed by atoms with Crippen molar-refractivity contribution in [2.24, 2.45) is 5.84 Å². The quantitative estimate of drug-likeness (QED) is 0.0413. The Bertz CT molecular complexity index is 2630. The minimum absolute atomic E-state index is 0.0599. The van der Waals surface area contributed by atoms with Gasteiger partial charge in [-0.05, 0) is 99.5 Å². The van der Waals surface area contributed by atoms with Crippen LogP contribution in [0.25, 0.3) is 9.69 Å². The van der Waals surface area contributed by atoms with Gasteiger partial charge in [-0.25, -0.2) is 37.2 Å². The summed E-state index contributed by atoms with van der Waals surface area (Å²) in [5.74, 6) is 1.91. The predicted molar refractivity (Wildman–Crippen MR) is 237 cm³/mol. The van der Waals surface area contributed by atoms with Crippen molar-refractivity contribution in [2.45, 2.75) is 61.8 Å². The number of hydrogen-bond donors (Lipinski definition) is 9. The summed E-state index contributed by atoms with van der Waals surface area (Å²) in [6, 6.07) is 14.6. The van der Waals surface area contributed by atoms with Crippen molar-refractivity contribution in [3.8, 4) is 0 Å². The SMILES string of the molecule is CS(=O)(=O)c1ccc(C(=O)NN)cc1.[C-]#[N+]c1ccc(N[C@@H](C(=O)NNC(=O)c2ccc(S(C)(=O)=O)cc2)[C@@H](C)O)c(C)c1Cl.[C-]#[N+]c1ccc(N[C@@H](C(=O)O)[C@@H](C)O)c(C)c1Cl. The molecule has 4 atom stereocenters. The molecule has 0 aliphatic rings. The molecule has 0 spiro atoms. The number of nitrogen functional groups attached to an aromatic ring is 1. The molecule has 19 nitrogen and oxygen atoms in total. The standard InChI is InChI=1S/C20H21ClN4O5S.C12H13ClN2O3.C8H10N2O3S/c1-11-15(9-10-16(22-3)17(11)21)23-18(12(2)26)20(28)25-24-19(27)13-5-7-14(8-6-13)31(4,29)30;1-6-8(4-5-9(14-3)10(6)13)15-11(7(2)16)12(17)18;1-14(12,13)7-4-2-6(3-5-7)8(11)10-9/h5-10,12,18,23,26H,1-2,4H3,(H,24,27)(H,25,28);4-5,7,11,15-16H,1-2H3,(H,17,18);2-5H,9H2,1H3,(H,10,11)/t12-,18-;7-,11-;/m11./s1. The number of hydrogen-bond acceptors (Lipinski definition) is 13. The van der Waals surface area contributed by atoms with Gasteiger partial charge in [0.25, 0.3) is 17.7 Å². The van der Waals surface area contributed by atoms with Gasteiger partial charge in [0, 0.05) is 35.0 Å². The van der Waals surface area contributed by atoms with Gasteiger partial charge in [-0.15, -0.1) is 0 Å². The van der Waals surface area contributed by atoms with Gasteiger partial charge < -0.3 is 26.0 Å². The average molecular weight is 948 g/mol. The number of carboxylic acids is 1. The summed E-state index contributed by atoms with van der Waals surface area (Å²) in [5, 5.41) is 34.4. The van der Waals surface area contributed by atoms with E-state index in [1.54, 1.807) is 26.0 Å². The Morgan fingerprint density at radius 3 is 1.32 bits per heavy atom. The first-order valence-electron chi connectivity index (χ1n) is 17.9. The number of sulfone groups is 2. The van der Waals surface area contributed by atoms with E-state index in [0.29, 0.717) is 33.8 Å². The highest BCUT2D eigenvalue weighted by molar-refractivity contribution is 7.91. The molecule has 3 amide bonds. The summed E-state index contributed by atoms with van der Waals surface area (Å²) in [4.78, 5) is 53.5. The van der Waals surface area contributed by atoms with E-state index in [9.17, 15) is 46.2 Å². The van der Waals surface area contributed by atoms with Crippen molar-refractivity contribution >= 4 is 89.3 Å². The summed E-state index contributed by atoms with van der Waals surface area (Å²) < 4.78 is 45.1. The number of benzene rings is 4. The van der Waals surface area contributed by atoms with Crippen LogP contribution in [0.4, 0.5) is 22.7 Å². The molecule has 0 saturated carbocycles. The number of nitrogens with one attached hydrogen (secondary N) is 5. The molecule has 336 valence electrons. The molecule has 0 radical (unpaired) electrons. The van der Waals surface area contributed by atoms with Crippen molar-refractivity contribution in [1.82, 2.24) is 16.3 Å². The van der Waals surface area contributed by atoms with Crippen LogP contribution in [0.5, 0.6) is 0 Å². The molecule has 0 bridgehead atoms. The molecule has 23 heteroatoms. The third-order valence-electron chi connectivity index (χ3n) is 8.63. The lowest BCUT2D eigenvalue weighted by molar-refractivity contribution is -0.140. The summed E-state index contributed by atoms with van der Waals surface area (Å²) in [6.07, 6.45) is -0.0356. The van der Waals surface area contributed by atoms with Crippen LogP contribution in [0.15, 0.2) is 82.6 Å². The van der Waals surface area contributed by atoms with E-state index >= 15 is 0 Å². The fourth-order valence-corrected chi connectivity index (χ4v) is 6.69. The van der Waals surface area contributed by atoms with Crippen LogP contribution in [0, 0.1) is 27.0 Å². The smallest absolute Gasteiger partial charge is 0.328 e. The van der Waals surface area contributed by atoms with Gasteiger partial charge in [0.05, 0.1) is 45.2 Å². The molecular formula is C40H44Cl2N8O11S2. The highest BCUT2D eigenvalue weighted by Gasteiger charge is 2.26. The second-order valence-electron chi connectivity index (χ2n) is 13.4. The summed E-state index contributed by atoms with van der Waals surface area (Å²) in [5.41, 5.74) is 9.46. The number of rotatable bonds is 12. The number of aliphatic carboxylic acids is 1. The van der Waals surface area contributed by atoms with Crippen molar-refractivity contribution in [3.05, 3.63) is 128 Å². The summed E-state index contributed by atoms with van der Waals surface area (Å²) in [7, 11) is -6.61. The topological polar surface area (TPSA) is 292 Å². The molecule has 4 aromatic carbocycles. The second-order valence-corrected chi connectivity index (χ2v) is 18.2. The predicted octanol–water partition coefficient (Wildman–Crippen LogP) is 4.36. The van der Waals surface area contributed by atoms with Crippen LogP contribution < -0.4 is 32.8 Å². The Morgan fingerprint density at radius 2 is 1.00 bits per heavy atom. The number of nitrogens with zero attached hydrogens (tertiary/aromatic N) is 2. The third kappa shape index (κ3) is 15.2. The van der Waals surface area contributed by atoms with Crippen molar-refractivity contribution in [1.29, 1.82) is 0 Å². The maximum absolute atomic E-state index is 12.5. The lowest BCUT2D eigenvalue weighted by atomic mass is 10.1. The number of anilines is 2. The minimum Gasteiger partial charge on any atom is -0.480 e. The van der Waals surface area contributed by atoms with E-state index in [2.05, 4.69) is 31.2 Å². The maximum Gasteiger partial charge on any atom is 0.328 e. The lowest BCUT2D eigenvalue weighted by Crippen LogP contribution is -2.52. The largest absolute Gasteiger partial charge is 0.480 e. The zero-order valence-corrected chi connectivity index (χ0v) is 37.5. The van der Waals surface area contributed by atoms with Gasteiger partial charge in [0.15, 0.2) is 25.7 Å². The zero-order chi connectivity index (χ0) is 48.0. The Kier molecular flexibility index (Phi) is 19.5. The molecule has 0 heterocycles. The molecule has 0 unspecified atom stereocenters. The Hall–Kier alpha value is -6.30. The van der Waals surface area contributed by atoms with Gasteiger partial charge in [-0.2, -0.15) is 0 Å². The highest BCUT2D eigenvalue weighted by Crippen LogP contribution is 2.34. The molecule has 0 saturated heterocycles. The average Bonchev–Trinajstić information content (AvgIpc) is 3.23. The number of halogens is 2. The van der Waals surface area contributed by atoms with E-state index in [0.717, 1.165) is 12.5 Å². The Morgan fingerprint density at radius 1 is 0.635 bits per heavy atom. The molecular weight excluding hydrogens is 904 g/mol. The van der Waals surface area contributed by atoms with Gasteiger partial charge in [-0.3, -0.25) is 30.7 Å². The first-order chi connectivity index (χ1) is 29.3. The molecule has 0 aliphatic heterocycles. The van der Waals surface area contributed by atoms with Gasteiger partial charge in [0.1, 0.15) is 6.04 Å². The third-order valence-corrected chi connectivity index (χ3v) is 11.8. The van der Waals surface area contributed by atoms with Crippen molar-refractivity contribution < 1.29 is 51.3 Å². The molecule has 63 heavy (non-hydrogen) atoms. The van der Waals surface area contributed by atoms with E-state index in [1.807, 2.05) is 5.43 Å². The Labute approximate surface area is 374 Å². The van der Waals surface area contributed by atoms with Crippen LogP contribution in [-0.2, 0) is 29.3 Å². The first-order valence-corrected chi connectivity index (χ1v) is 22.5. The molecule has 4 rings (SSSR count). The van der Waals surface area contributed by atoms with E-state index in [1.165, 1.54) is 74.5 Å². The Balaban J connectivity index is 0.000000360. The number of nitrogens with two attached hydrogens (primary N) is 1. The zero-order valence-electron chi connectivity index (χ0n) is 34.4. The van der Waals surface area contributed by atoms with E-state index in [-0.39, 0.29) is 31.1 Å². The number of carbonyl (C=O) groups excluding carboxylic acids is 3. The highest BCUT2D eigenvalue weighted by atomic mass is 35.5. The number of carbonyl (C=O) groups is 4. The summed E-state index contributed by atoms with van der Waals surface area (Å²) in [6.45, 7) is 20.1. The molecule has 4 aromatic rings. The monoisotopic (exact) mass is 946 g/mol. The van der Waals surface area contributed by atoms with Gasteiger partial charge >= 0.3 is 5.97 Å². The van der Waals surface area contributed by atoms with Crippen LogP contribution >= 0.6 is 23.2 Å². The van der Waals surface area contributed by atoms with Crippen molar-refractivity contribution in [3.63, 3.8) is 0 Å². The van der Waals surface area contributed by atoms with Crippen LogP contribution in [0.1, 0.15) is 45.7 Å². The first kappa shape index (κ1) is 52.8. The maximum atomic E-state index is 12.5. The molecule has 0 fully saturated rings. The van der Waals surface area contributed by atoms with Crippen LogP contribution in [-0.4, -0.2) is 92.6 Å². The lowest BCUT2D eigenvalue weighted by Gasteiger charge is -2.23. The molecule has 10 N–H and O–H groups in total. The van der Waals surface area contributed by atoms with Crippen molar-refractivity contribution in [2.75, 3.05) is 23.1 Å². The van der Waals surface area contributed by atoms with E-state index < -0.39 is 67.7 Å². The fraction of sp³-hybridized carbons (Fsp3) is 0.250. The molecule has 0 aliphatic carbocycles. The second kappa shape index (κ2) is 23.2. The number of aliphatic hydroxyl groups is 2. The number of aliphatic hydroxyl groups excluding tert-OH is 2. The summed E-state index contributed by atoms with van der Waals surface area (Å²) >= 11 is 12.1. The van der Waals surface area contributed by atoms with Gasteiger partial charge in [-0.1, -0.05) is 35.3 Å². The minimum atomic E-state index is -3.40. The van der Waals surface area contributed by atoms with Gasteiger partial charge in [0.2, 0.25) is 11.4 Å². The van der Waals surface area contributed by atoms with Crippen LogP contribution in [0.3, 0.4) is 0 Å².